The van der Waals surface area contributed by atoms with Crippen LogP contribution in [0.15, 0.2) is 11.0 Å². The number of carbonyl (C=O) groups is 2. The minimum atomic E-state index is -0.670. The van der Waals surface area contributed by atoms with Gasteiger partial charge in [0.2, 0.25) is 0 Å². The summed E-state index contributed by atoms with van der Waals surface area (Å²) < 4.78 is 5.53. The molecule has 0 aliphatic rings. The Labute approximate surface area is 236 Å². The Kier molecular flexibility index (Phi) is 19.3. The number of aromatic amines is 1. The molecule has 39 heavy (non-hydrogen) atoms. The lowest BCUT2D eigenvalue weighted by Gasteiger charge is -2.20. The molecule has 0 aliphatic carbocycles. The number of nitrogens with two attached hydrogens (primary N) is 2. The number of nitrogens with one attached hydrogen (secondary N) is 1. The third-order valence-corrected chi connectivity index (χ3v) is 7.82. The zero-order chi connectivity index (χ0) is 28.9. The van der Waals surface area contributed by atoms with E-state index in [1.165, 1.54) is 89.7 Å². The second kappa shape index (κ2) is 21.6. The average Bonchev–Trinajstić information content (AvgIpc) is 2.92. The van der Waals surface area contributed by atoms with Crippen molar-refractivity contribution in [1.82, 2.24) is 9.97 Å². The maximum Gasteiger partial charge on any atom is 0.346 e. The number of ketones is 1. The average molecular weight is 549 g/mol. The van der Waals surface area contributed by atoms with Gasteiger partial charge in [-0.25, -0.2) is 9.78 Å². The van der Waals surface area contributed by atoms with Gasteiger partial charge in [0.05, 0.1) is 12.2 Å². The van der Waals surface area contributed by atoms with Gasteiger partial charge in [-0.15, -0.1) is 0 Å². The first-order valence-corrected chi connectivity index (χ1v) is 15.6. The van der Waals surface area contributed by atoms with E-state index in [1.54, 1.807) is 0 Å². The van der Waals surface area contributed by atoms with Crippen LogP contribution in [0.1, 0.15) is 147 Å². The van der Waals surface area contributed by atoms with Crippen LogP contribution in [0.2, 0.25) is 0 Å². The van der Waals surface area contributed by atoms with Gasteiger partial charge in [-0.05, 0) is 12.3 Å². The molecule has 0 fully saturated rings. The van der Waals surface area contributed by atoms with E-state index in [0.717, 1.165) is 25.7 Å². The smallest absolute Gasteiger partial charge is 0.346 e. The van der Waals surface area contributed by atoms with E-state index in [0.29, 0.717) is 0 Å². The van der Waals surface area contributed by atoms with E-state index in [2.05, 4.69) is 16.9 Å². The van der Waals surface area contributed by atoms with Crippen molar-refractivity contribution in [2.75, 3.05) is 12.3 Å². The number of nitrogen functional groups attached to an aromatic ring is 1. The van der Waals surface area contributed by atoms with Gasteiger partial charge in [0.1, 0.15) is 11.9 Å². The van der Waals surface area contributed by atoms with Crippen molar-refractivity contribution in [3.05, 3.63) is 22.2 Å². The van der Waals surface area contributed by atoms with Crippen molar-refractivity contribution in [2.24, 2.45) is 17.6 Å². The van der Waals surface area contributed by atoms with Crippen LogP contribution in [0, 0.1) is 11.8 Å². The Balaban J connectivity index is 2.36. The molecule has 224 valence electrons. The number of unbranched alkanes of at least 4 members (excludes halogenated alkanes) is 14. The molecule has 0 saturated carbocycles. The Morgan fingerprint density at radius 2 is 1.41 bits per heavy atom. The van der Waals surface area contributed by atoms with Gasteiger partial charge in [0, 0.05) is 18.5 Å². The highest BCUT2D eigenvalue weighted by molar-refractivity contribution is 5.99. The highest BCUT2D eigenvalue weighted by Crippen LogP contribution is 2.21. The van der Waals surface area contributed by atoms with Gasteiger partial charge in [0.15, 0.2) is 5.78 Å². The van der Waals surface area contributed by atoms with Crippen LogP contribution in [0.3, 0.4) is 0 Å². The van der Waals surface area contributed by atoms with Crippen molar-refractivity contribution in [3.8, 4) is 0 Å². The van der Waals surface area contributed by atoms with E-state index in [1.807, 2.05) is 13.8 Å². The number of nitrogens with zero attached hydrogens (tertiary/aromatic N) is 1. The van der Waals surface area contributed by atoms with E-state index in [9.17, 15) is 14.4 Å². The fourth-order valence-corrected chi connectivity index (χ4v) is 4.83. The Morgan fingerprint density at radius 1 is 0.897 bits per heavy atom. The molecule has 8 nitrogen and oxygen atoms in total. The van der Waals surface area contributed by atoms with Crippen LogP contribution in [-0.4, -0.2) is 34.4 Å². The predicted molar refractivity (Wildman–Crippen MR) is 160 cm³/mol. The summed E-state index contributed by atoms with van der Waals surface area (Å²) in [6.07, 6.45) is 22.3. The minimum absolute atomic E-state index is 0.0153. The Morgan fingerprint density at radius 3 is 1.90 bits per heavy atom. The molecule has 0 spiro atoms. The molecule has 1 heterocycles. The van der Waals surface area contributed by atoms with Gasteiger partial charge >= 0.3 is 11.7 Å². The van der Waals surface area contributed by atoms with Gasteiger partial charge in [0.25, 0.3) is 0 Å². The summed E-state index contributed by atoms with van der Waals surface area (Å²) in [6.45, 7) is 6.31. The van der Waals surface area contributed by atoms with E-state index in [4.69, 9.17) is 16.2 Å². The normalized spacial score (nSPS) is 13.6. The number of ether oxygens (including phenoxy) is 1. The monoisotopic (exact) mass is 548 g/mol. The number of Topliss-reactive ketones (excluding diaryl/α,β-unsaturated/α-hetero) is 1. The number of H-pyrrole nitrogens is 1. The molecule has 1 rings (SSSR count). The first kappa shape index (κ1) is 34.8. The quantitative estimate of drug-likeness (QED) is 0.0739. The SMILES string of the molecule is CCCCCCCCCCCCCCCCCC(COC(=O)[C@@H](N)[C@@H](C)CC)CC(=O)c1cnc(=O)[nH]c1N. The fraction of sp³-hybridized carbons (Fsp3) is 0.806. The van der Waals surface area contributed by atoms with E-state index in [-0.39, 0.29) is 42.0 Å². The lowest BCUT2D eigenvalue weighted by Crippen LogP contribution is -2.38. The summed E-state index contributed by atoms with van der Waals surface area (Å²) in [5, 5.41) is 0. The number of anilines is 1. The topological polar surface area (TPSA) is 141 Å². The number of esters is 1. The summed E-state index contributed by atoms with van der Waals surface area (Å²) in [7, 11) is 0. The summed E-state index contributed by atoms with van der Waals surface area (Å²) in [4.78, 5) is 42.6. The van der Waals surface area contributed by atoms with Crippen LogP contribution in [-0.2, 0) is 9.53 Å². The van der Waals surface area contributed by atoms with Crippen molar-refractivity contribution in [1.29, 1.82) is 0 Å². The molecule has 1 aromatic rings. The maximum atomic E-state index is 12.9. The molecular formula is C31H56N4O4. The second-order valence-corrected chi connectivity index (χ2v) is 11.3. The molecule has 0 aromatic carbocycles. The van der Waals surface area contributed by atoms with E-state index < -0.39 is 17.7 Å². The number of rotatable bonds is 24. The van der Waals surface area contributed by atoms with Crippen molar-refractivity contribution >= 4 is 17.6 Å². The Bertz CT molecular complexity index is 857. The van der Waals surface area contributed by atoms with Crippen LogP contribution < -0.4 is 17.2 Å². The molecule has 1 aromatic heterocycles. The van der Waals surface area contributed by atoms with Crippen molar-refractivity contribution in [2.45, 2.75) is 142 Å². The summed E-state index contributed by atoms with van der Waals surface area (Å²) in [5.41, 5.74) is 11.4. The number of hydrogen-bond donors (Lipinski definition) is 3. The summed E-state index contributed by atoms with van der Waals surface area (Å²) in [6, 6.07) is -0.670. The van der Waals surface area contributed by atoms with Gasteiger partial charge < -0.3 is 16.2 Å². The van der Waals surface area contributed by atoms with E-state index >= 15 is 0 Å². The first-order chi connectivity index (χ1) is 18.8. The fourth-order valence-electron chi connectivity index (χ4n) is 4.83. The first-order valence-electron chi connectivity index (χ1n) is 15.6. The molecule has 8 heteroatoms. The number of aromatic nitrogens is 2. The molecule has 5 N–H and O–H groups in total. The highest BCUT2D eigenvalue weighted by atomic mass is 16.5. The van der Waals surface area contributed by atoms with Crippen LogP contribution >= 0.6 is 0 Å². The summed E-state index contributed by atoms with van der Waals surface area (Å²) >= 11 is 0. The van der Waals surface area contributed by atoms with Gasteiger partial charge in [-0.2, -0.15) is 0 Å². The van der Waals surface area contributed by atoms with Gasteiger partial charge in [-0.3, -0.25) is 14.6 Å². The maximum absolute atomic E-state index is 12.9. The predicted octanol–water partition coefficient (Wildman–Crippen LogP) is 6.72. The second-order valence-electron chi connectivity index (χ2n) is 11.3. The Hall–Kier alpha value is -2.22. The van der Waals surface area contributed by atoms with Crippen molar-refractivity contribution < 1.29 is 14.3 Å². The molecule has 0 amide bonds. The molecule has 0 bridgehead atoms. The van der Waals surface area contributed by atoms with Crippen LogP contribution in [0.25, 0.3) is 0 Å². The molecule has 0 radical (unpaired) electrons. The summed E-state index contributed by atoms with van der Waals surface area (Å²) in [5.74, 6) is -0.742. The van der Waals surface area contributed by atoms with Crippen LogP contribution in [0.5, 0.6) is 0 Å². The molecule has 3 atom stereocenters. The van der Waals surface area contributed by atoms with Gasteiger partial charge in [-0.1, -0.05) is 124 Å². The zero-order valence-electron chi connectivity index (χ0n) is 25.0. The molecule has 1 unspecified atom stereocenters. The number of carbonyl (C=O) groups excluding carboxylic acids is 2. The van der Waals surface area contributed by atoms with Crippen molar-refractivity contribution in [3.63, 3.8) is 0 Å². The lowest BCUT2D eigenvalue weighted by atomic mass is 9.93. The largest absolute Gasteiger partial charge is 0.464 e. The molecule has 0 aliphatic heterocycles. The minimum Gasteiger partial charge on any atom is -0.464 e. The third kappa shape index (κ3) is 15.8. The molecular weight excluding hydrogens is 492 g/mol. The number of hydrogen-bond acceptors (Lipinski definition) is 7. The zero-order valence-corrected chi connectivity index (χ0v) is 25.0. The highest BCUT2D eigenvalue weighted by Gasteiger charge is 2.24. The van der Waals surface area contributed by atoms with Crippen LogP contribution in [0.4, 0.5) is 5.82 Å². The third-order valence-electron chi connectivity index (χ3n) is 7.82. The molecule has 0 saturated heterocycles. The lowest BCUT2D eigenvalue weighted by molar-refractivity contribution is -0.148. The standard InChI is InChI=1S/C31H56N4O4/c1-4-6-7-8-9-10-11-12-13-14-15-16-17-18-19-20-25(23-39-30(37)28(32)24(3)5-2)21-27(36)26-22-34-31(38)35-29(26)33/h22,24-25,28H,4-21,23,32H2,1-3H3,(H3,33,34,35,38)/t24-,25?,28-/m0/s1.